The minimum absolute atomic E-state index is 0.363. The summed E-state index contributed by atoms with van der Waals surface area (Å²) in [7, 11) is 0. The standard InChI is InChI=1S/C14H8Cl2N2/c15-12-8-10(9-17)6-7-13(12)18-14(16)11-4-2-1-3-5-11/h1-8H. The lowest BCUT2D eigenvalue weighted by atomic mass is 10.2. The van der Waals surface area contributed by atoms with Gasteiger partial charge in [-0.25, -0.2) is 4.99 Å². The molecule has 4 heteroatoms. The van der Waals surface area contributed by atoms with Crippen molar-refractivity contribution in [2.24, 2.45) is 4.99 Å². The molecule has 0 heterocycles. The minimum atomic E-state index is 0.363. The van der Waals surface area contributed by atoms with Crippen molar-refractivity contribution in [3.8, 4) is 6.07 Å². The van der Waals surface area contributed by atoms with Crippen LogP contribution in [0.1, 0.15) is 11.1 Å². The van der Waals surface area contributed by atoms with Crippen LogP contribution in [0.4, 0.5) is 5.69 Å². The van der Waals surface area contributed by atoms with Crippen molar-refractivity contribution >= 4 is 34.1 Å². The summed E-state index contributed by atoms with van der Waals surface area (Å²) >= 11 is 12.1. The van der Waals surface area contributed by atoms with Crippen LogP contribution in [0.2, 0.25) is 5.02 Å². The highest BCUT2D eigenvalue weighted by molar-refractivity contribution is 6.69. The summed E-state index contributed by atoms with van der Waals surface area (Å²) in [5.41, 5.74) is 1.86. The lowest BCUT2D eigenvalue weighted by Crippen LogP contribution is -1.89. The van der Waals surface area contributed by atoms with Crippen LogP contribution in [-0.4, -0.2) is 5.17 Å². The van der Waals surface area contributed by atoms with Crippen molar-refractivity contribution in [1.29, 1.82) is 5.26 Å². The van der Waals surface area contributed by atoms with Crippen LogP contribution in [0.15, 0.2) is 53.5 Å². The van der Waals surface area contributed by atoms with Gasteiger partial charge in [-0.05, 0) is 18.2 Å². The predicted molar refractivity (Wildman–Crippen MR) is 74.7 cm³/mol. The molecule has 0 aliphatic heterocycles. The molecule has 0 aliphatic carbocycles. The van der Waals surface area contributed by atoms with Crippen LogP contribution in [0.25, 0.3) is 0 Å². The van der Waals surface area contributed by atoms with Gasteiger partial charge in [0.15, 0.2) is 0 Å². The molecule has 0 aliphatic rings. The molecule has 0 saturated heterocycles. The van der Waals surface area contributed by atoms with Gasteiger partial charge in [-0.1, -0.05) is 53.5 Å². The Morgan fingerprint density at radius 1 is 1.11 bits per heavy atom. The summed E-state index contributed by atoms with van der Waals surface area (Å²) in [6.45, 7) is 0. The summed E-state index contributed by atoms with van der Waals surface area (Å²) in [5.74, 6) is 0. The maximum Gasteiger partial charge on any atom is 0.137 e. The molecule has 0 spiro atoms. The molecule has 88 valence electrons. The van der Waals surface area contributed by atoms with Gasteiger partial charge in [0.2, 0.25) is 0 Å². The average Bonchev–Trinajstić information content (AvgIpc) is 2.42. The molecular formula is C14H8Cl2N2. The molecule has 0 amide bonds. The average molecular weight is 275 g/mol. The maximum atomic E-state index is 8.74. The Labute approximate surface area is 115 Å². The second kappa shape index (κ2) is 5.68. The van der Waals surface area contributed by atoms with Crippen LogP contribution in [-0.2, 0) is 0 Å². The molecule has 2 nitrogen and oxygen atoms in total. The third kappa shape index (κ3) is 2.89. The Hall–Kier alpha value is -1.82. The fourth-order valence-electron chi connectivity index (χ4n) is 1.41. The molecule has 0 unspecified atom stereocenters. The minimum Gasteiger partial charge on any atom is -0.235 e. The van der Waals surface area contributed by atoms with E-state index in [4.69, 9.17) is 28.5 Å². The van der Waals surface area contributed by atoms with E-state index in [2.05, 4.69) is 4.99 Å². The molecule has 0 N–H and O–H groups in total. The Kier molecular flexibility index (Phi) is 3.99. The van der Waals surface area contributed by atoms with Gasteiger partial charge in [-0.3, -0.25) is 0 Å². The number of aliphatic imine (C=N–C) groups is 1. The van der Waals surface area contributed by atoms with E-state index in [1.165, 1.54) is 0 Å². The number of benzene rings is 2. The molecular weight excluding hydrogens is 267 g/mol. The normalized spacial score (nSPS) is 11.1. The first-order valence-corrected chi connectivity index (χ1v) is 5.95. The molecule has 2 aromatic carbocycles. The molecule has 0 atom stereocenters. The first-order chi connectivity index (χ1) is 8.70. The molecule has 2 aromatic rings. The number of rotatable bonds is 2. The fourth-order valence-corrected chi connectivity index (χ4v) is 1.85. The van der Waals surface area contributed by atoms with Crippen molar-refractivity contribution in [2.45, 2.75) is 0 Å². The van der Waals surface area contributed by atoms with Crippen molar-refractivity contribution in [3.05, 3.63) is 64.7 Å². The topological polar surface area (TPSA) is 36.1 Å². The van der Waals surface area contributed by atoms with E-state index in [1.807, 2.05) is 36.4 Å². The molecule has 0 saturated carbocycles. The summed E-state index contributed by atoms with van der Waals surface area (Å²) < 4.78 is 0. The summed E-state index contributed by atoms with van der Waals surface area (Å²) in [4.78, 5) is 4.24. The largest absolute Gasteiger partial charge is 0.235 e. The van der Waals surface area contributed by atoms with E-state index in [9.17, 15) is 0 Å². The van der Waals surface area contributed by atoms with Crippen molar-refractivity contribution < 1.29 is 0 Å². The van der Waals surface area contributed by atoms with Gasteiger partial charge in [-0.15, -0.1) is 0 Å². The monoisotopic (exact) mass is 274 g/mol. The van der Waals surface area contributed by atoms with E-state index >= 15 is 0 Å². The Balaban J connectivity index is 2.37. The first-order valence-electron chi connectivity index (χ1n) is 5.20. The van der Waals surface area contributed by atoms with E-state index in [0.29, 0.717) is 21.4 Å². The number of nitrogens with zero attached hydrogens (tertiary/aromatic N) is 2. The predicted octanol–water partition coefficient (Wildman–Crippen LogP) is 4.53. The maximum absolute atomic E-state index is 8.74. The summed E-state index contributed by atoms with van der Waals surface area (Å²) in [5, 5.41) is 9.51. The van der Waals surface area contributed by atoms with Gasteiger partial charge in [0.1, 0.15) is 5.17 Å². The molecule has 0 aromatic heterocycles. The van der Waals surface area contributed by atoms with Gasteiger partial charge in [0.25, 0.3) is 0 Å². The highest BCUT2D eigenvalue weighted by atomic mass is 35.5. The zero-order valence-electron chi connectivity index (χ0n) is 9.27. The number of hydrogen-bond donors (Lipinski definition) is 0. The lowest BCUT2D eigenvalue weighted by Gasteiger charge is -2.01. The number of hydrogen-bond acceptors (Lipinski definition) is 2. The van der Waals surface area contributed by atoms with Gasteiger partial charge in [-0.2, -0.15) is 5.26 Å². The quantitative estimate of drug-likeness (QED) is 0.742. The van der Waals surface area contributed by atoms with Crippen molar-refractivity contribution in [2.75, 3.05) is 0 Å². The second-order valence-electron chi connectivity index (χ2n) is 3.55. The van der Waals surface area contributed by atoms with Gasteiger partial charge >= 0.3 is 0 Å². The molecule has 0 radical (unpaired) electrons. The molecule has 0 bridgehead atoms. The third-order valence-corrected chi connectivity index (χ3v) is 2.91. The first kappa shape index (κ1) is 12.6. The van der Waals surface area contributed by atoms with Gasteiger partial charge in [0, 0.05) is 5.56 Å². The zero-order valence-corrected chi connectivity index (χ0v) is 10.8. The van der Waals surface area contributed by atoms with E-state index in [-0.39, 0.29) is 0 Å². The second-order valence-corrected chi connectivity index (χ2v) is 4.31. The van der Waals surface area contributed by atoms with Gasteiger partial charge in [0.05, 0.1) is 22.3 Å². The van der Waals surface area contributed by atoms with E-state index in [1.54, 1.807) is 18.2 Å². The number of halogens is 2. The fraction of sp³-hybridized carbons (Fsp3) is 0. The Morgan fingerprint density at radius 2 is 1.83 bits per heavy atom. The lowest BCUT2D eigenvalue weighted by molar-refractivity contribution is 1.46. The van der Waals surface area contributed by atoms with Gasteiger partial charge < -0.3 is 0 Å². The molecule has 2 rings (SSSR count). The van der Waals surface area contributed by atoms with E-state index in [0.717, 1.165) is 5.56 Å². The van der Waals surface area contributed by atoms with Crippen LogP contribution >= 0.6 is 23.2 Å². The van der Waals surface area contributed by atoms with Crippen molar-refractivity contribution in [3.63, 3.8) is 0 Å². The third-order valence-electron chi connectivity index (χ3n) is 2.31. The van der Waals surface area contributed by atoms with Crippen LogP contribution in [0.5, 0.6) is 0 Å². The van der Waals surface area contributed by atoms with Crippen LogP contribution in [0.3, 0.4) is 0 Å². The SMILES string of the molecule is N#Cc1ccc(N=C(Cl)c2ccccc2)c(Cl)c1. The molecule has 0 fully saturated rings. The summed E-state index contributed by atoms with van der Waals surface area (Å²) in [6.07, 6.45) is 0. The smallest absolute Gasteiger partial charge is 0.137 e. The van der Waals surface area contributed by atoms with Crippen LogP contribution < -0.4 is 0 Å². The highest BCUT2D eigenvalue weighted by Crippen LogP contribution is 2.27. The van der Waals surface area contributed by atoms with Crippen LogP contribution in [0, 0.1) is 11.3 Å². The summed E-state index contributed by atoms with van der Waals surface area (Å²) in [6, 6.07) is 16.3. The van der Waals surface area contributed by atoms with E-state index < -0.39 is 0 Å². The van der Waals surface area contributed by atoms with Crippen molar-refractivity contribution in [1.82, 2.24) is 0 Å². The Bertz CT molecular complexity index is 628. The zero-order chi connectivity index (χ0) is 13.0. The Morgan fingerprint density at radius 3 is 2.44 bits per heavy atom. The number of nitriles is 1. The highest BCUT2D eigenvalue weighted by Gasteiger charge is 2.03. The molecule has 18 heavy (non-hydrogen) atoms.